The predicted molar refractivity (Wildman–Crippen MR) is 69.2 cm³/mol. The average Bonchev–Trinajstić information content (AvgIpc) is 2.17. The minimum absolute atomic E-state index is 0.0331. The van der Waals surface area contributed by atoms with E-state index in [1.54, 1.807) is 24.3 Å². The lowest BCUT2D eigenvalue weighted by molar-refractivity contribution is 0.556. The fraction of sp³-hybridized carbons (Fsp3) is 0.400. The minimum atomic E-state index is -3.34. The van der Waals surface area contributed by atoms with Gasteiger partial charge < -0.3 is 0 Å². The highest BCUT2D eigenvalue weighted by Gasteiger charge is 2.15. The van der Waals surface area contributed by atoms with Crippen LogP contribution in [0.4, 0.5) is 0 Å². The van der Waals surface area contributed by atoms with Gasteiger partial charge in [0.1, 0.15) is 0 Å². The first kappa shape index (κ1) is 12.9. The van der Waals surface area contributed by atoms with Crippen molar-refractivity contribution in [3.63, 3.8) is 0 Å². The quantitative estimate of drug-likeness (QED) is 0.856. The Morgan fingerprint density at radius 3 is 2.33 bits per heavy atom. The first-order valence-electron chi connectivity index (χ1n) is 4.73. The molecule has 0 aromatic heterocycles. The van der Waals surface area contributed by atoms with Gasteiger partial charge in [-0.05, 0) is 60.2 Å². The molecule has 0 fully saturated rings. The number of hydrogen-bond donors (Lipinski definition) is 1. The summed E-state index contributed by atoms with van der Waals surface area (Å²) in [5.41, 5.74) is 0. The largest absolute Gasteiger partial charge is 0.240 e. The summed E-state index contributed by atoms with van der Waals surface area (Å²) in [7, 11) is -3.34. The predicted octanol–water partition coefficient (Wildman–Crippen LogP) is 2.37. The van der Waals surface area contributed by atoms with Crippen molar-refractivity contribution in [2.45, 2.75) is 31.2 Å². The van der Waals surface area contributed by atoms with Gasteiger partial charge in [0.2, 0.25) is 10.0 Å². The fourth-order valence-corrected chi connectivity index (χ4v) is 2.72. The molecule has 0 radical (unpaired) electrons. The third-order valence-corrected chi connectivity index (χ3v) is 4.42. The van der Waals surface area contributed by atoms with Crippen LogP contribution in [-0.2, 0) is 10.0 Å². The topological polar surface area (TPSA) is 46.2 Å². The zero-order valence-corrected chi connectivity index (χ0v) is 11.7. The molecule has 0 heterocycles. The fourth-order valence-electron chi connectivity index (χ4n) is 1.03. The van der Waals surface area contributed by atoms with Crippen LogP contribution in [0.3, 0.4) is 0 Å². The van der Waals surface area contributed by atoms with Crippen LogP contribution in [0.1, 0.15) is 20.3 Å². The molecular formula is C10H14INO2S. The molecule has 0 aliphatic heterocycles. The zero-order valence-electron chi connectivity index (χ0n) is 8.70. The Balaban J connectivity index is 2.91. The third-order valence-electron chi connectivity index (χ3n) is 2.09. The van der Waals surface area contributed by atoms with Crippen molar-refractivity contribution in [2.75, 3.05) is 0 Å². The van der Waals surface area contributed by atoms with E-state index in [4.69, 9.17) is 0 Å². The Morgan fingerprint density at radius 2 is 1.87 bits per heavy atom. The highest BCUT2D eigenvalue weighted by Crippen LogP contribution is 2.12. The lowest BCUT2D eigenvalue weighted by atomic mass is 10.3. The lowest BCUT2D eigenvalue weighted by Crippen LogP contribution is -2.31. The molecule has 0 saturated heterocycles. The van der Waals surface area contributed by atoms with Crippen molar-refractivity contribution >= 4 is 32.6 Å². The second kappa shape index (κ2) is 5.27. The maximum atomic E-state index is 11.8. The second-order valence-corrected chi connectivity index (χ2v) is 6.34. The number of hydrogen-bond acceptors (Lipinski definition) is 2. The number of rotatable bonds is 4. The minimum Gasteiger partial charge on any atom is -0.208 e. The van der Waals surface area contributed by atoms with Crippen molar-refractivity contribution in [2.24, 2.45) is 0 Å². The molecule has 0 unspecified atom stereocenters. The molecular weight excluding hydrogens is 325 g/mol. The zero-order chi connectivity index (χ0) is 11.5. The average molecular weight is 339 g/mol. The van der Waals surface area contributed by atoms with Gasteiger partial charge in [-0.1, -0.05) is 6.92 Å². The Kier molecular flexibility index (Phi) is 4.54. The summed E-state index contributed by atoms with van der Waals surface area (Å²) < 4.78 is 27.2. The van der Waals surface area contributed by atoms with Crippen molar-refractivity contribution < 1.29 is 8.42 Å². The third kappa shape index (κ3) is 3.73. The van der Waals surface area contributed by atoms with Gasteiger partial charge in [-0.3, -0.25) is 0 Å². The van der Waals surface area contributed by atoms with Gasteiger partial charge in [0.15, 0.2) is 0 Å². The molecule has 3 nitrogen and oxygen atoms in total. The van der Waals surface area contributed by atoms with E-state index in [9.17, 15) is 8.42 Å². The smallest absolute Gasteiger partial charge is 0.208 e. The molecule has 1 atom stereocenters. The summed E-state index contributed by atoms with van der Waals surface area (Å²) in [6, 6.07) is 6.77. The van der Waals surface area contributed by atoms with E-state index in [1.807, 2.05) is 13.8 Å². The molecule has 1 rings (SSSR count). The normalized spacial score (nSPS) is 13.8. The van der Waals surface area contributed by atoms with E-state index in [1.165, 1.54) is 0 Å². The van der Waals surface area contributed by atoms with Crippen LogP contribution in [0.15, 0.2) is 29.2 Å². The van der Waals surface area contributed by atoms with Gasteiger partial charge in [0, 0.05) is 9.61 Å². The van der Waals surface area contributed by atoms with Crippen LogP contribution in [0.25, 0.3) is 0 Å². The molecule has 0 saturated carbocycles. The molecule has 0 bridgehead atoms. The Labute approximate surface area is 104 Å². The van der Waals surface area contributed by atoms with E-state index in [-0.39, 0.29) is 6.04 Å². The molecule has 0 amide bonds. The van der Waals surface area contributed by atoms with Crippen LogP contribution in [0.2, 0.25) is 0 Å². The van der Waals surface area contributed by atoms with Crippen molar-refractivity contribution in [3.8, 4) is 0 Å². The summed E-state index contributed by atoms with van der Waals surface area (Å²) >= 11 is 2.14. The molecule has 84 valence electrons. The highest BCUT2D eigenvalue weighted by molar-refractivity contribution is 14.1. The second-order valence-electron chi connectivity index (χ2n) is 3.38. The highest BCUT2D eigenvalue weighted by atomic mass is 127. The number of nitrogens with one attached hydrogen (secondary N) is 1. The summed E-state index contributed by atoms with van der Waals surface area (Å²) in [5.74, 6) is 0. The van der Waals surface area contributed by atoms with Crippen LogP contribution in [0, 0.1) is 3.57 Å². The van der Waals surface area contributed by atoms with Gasteiger partial charge in [0.25, 0.3) is 0 Å². The molecule has 0 aliphatic rings. The van der Waals surface area contributed by atoms with Crippen molar-refractivity contribution in [3.05, 3.63) is 27.8 Å². The summed E-state index contributed by atoms with van der Waals surface area (Å²) in [5, 5.41) is 0. The number of sulfonamides is 1. The summed E-state index contributed by atoms with van der Waals surface area (Å²) in [4.78, 5) is 0.322. The summed E-state index contributed by atoms with van der Waals surface area (Å²) in [6.07, 6.45) is 0.781. The molecule has 15 heavy (non-hydrogen) atoms. The van der Waals surface area contributed by atoms with Gasteiger partial charge in [-0.25, -0.2) is 13.1 Å². The molecule has 0 spiro atoms. The SMILES string of the molecule is CC[C@H](C)NS(=O)(=O)c1ccc(I)cc1. The Bertz CT molecular complexity index is 414. The van der Waals surface area contributed by atoms with Crippen LogP contribution in [-0.4, -0.2) is 14.5 Å². The standard InChI is InChI=1S/C10H14INO2S/c1-3-8(2)12-15(13,14)10-6-4-9(11)5-7-10/h4-8,12H,3H2,1-2H3/t8-/m0/s1. The Morgan fingerprint density at radius 1 is 1.33 bits per heavy atom. The molecule has 5 heteroatoms. The van der Waals surface area contributed by atoms with Crippen LogP contribution in [0.5, 0.6) is 0 Å². The van der Waals surface area contributed by atoms with Crippen molar-refractivity contribution in [1.82, 2.24) is 4.72 Å². The van der Waals surface area contributed by atoms with E-state index in [0.717, 1.165) is 9.99 Å². The number of benzene rings is 1. The van der Waals surface area contributed by atoms with E-state index < -0.39 is 10.0 Å². The monoisotopic (exact) mass is 339 g/mol. The summed E-state index contributed by atoms with van der Waals surface area (Å²) in [6.45, 7) is 3.80. The van der Waals surface area contributed by atoms with Gasteiger partial charge in [-0.15, -0.1) is 0 Å². The molecule has 0 aliphatic carbocycles. The maximum absolute atomic E-state index is 11.8. The van der Waals surface area contributed by atoms with Gasteiger partial charge >= 0.3 is 0 Å². The van der Waals surface area contributed by atoms with Gasteiger partial charge in [-0.2, -0.15) is 0 Å². The van der Waals surface area contributed by atoms with Crippen molar-refractivity contribution in [1.29, 1.82) is 0 Å². The lowest BCUT2D eigenvalue weighted by Gasteiger charge is -2.11. The van der Waals surface area contributed by atoms with Gasteiger partial charge in [0.05, 0.1) is 4.90 Å². The molecule has 1 N–H and O–H groups in total. The van der Waals surface area contributed by atoms with Crippen LogP contribution < -0.4 is 4.72 Å². The molecule has 1 aromatic rings. The molecule has 1 aromatic carbocycles. The number of halogens is 1. The van der Waals surface area contributed by atoms with E-state index >= 15 is 0 Å². The van der Waals surface area contributed by atoms with E-state index in [0.29, 0.717) is 4.90 Å². The Hall–Kier alpha value is -0.140. The first-order chi connectivity index (χ1) is 6.95. The van der Waals surface area contributed by atoms with E-state index in [2.05, 4.69) is 27.3 Å². The van der Waals surface area contributed by atoms with Crippen LogP contribution >= 0.6 is 22.6 Å². The first-order valence-corrected chi connectivity index (χ1v) is 7.30. The maximum Gasteiger partial charge on any atom is 0.240 e.